The molecule has 0 aromatic heterocycles. The number of hydrogen-bond acceptors (Lipinski definition) is 2. The minimum Gasteiger partial charge on any atom is -0.351 e. The smallest absolute Gasteiger partial charge is 0.230 e. The Kier molecular flexibility index (Phi) is 4.71. The zero-order chi connectivity index (χ0) is 14.8. The van der Waals surface area contributed by atoms with Gasteiger partial charge in [0, 0.05) is 17.1 Å². The summed E-state index contributed by atoms with van der Waals surface area (Å²) in [6.45, 7) is 7.06. The monoisotopic (exact) mass is 294 g/mol. The summed E-state index contributed by atoms with van der Waals surface area (Å²) < 4.78 is 0. The topological polar surface area (TPSA) is 41.1 Å². The summed E-state index contributed by atoms with van der Waals surface area (Å²) in [6.07, 6.45) is 2.15. The van der Waals surface area contributed by atoms with Gasteiger partial charge in [0.05, 0.1) is 5.41 Å². The zero-order valence-corrected chi connectivity index (χ0v) is 13.1. The predicted molar refractivity (Wildman–Crippen MR) is 83.1 cm³/mol. The van der Waals surface area contributed by atoms with Gasteiger partial charge in [-0.2, -0.15) is 0 Å². The van der Waals surface area contributed by atoms with Crippen LogP contribution in [-0.4, -0.2) is 24.5 Å². The number of nitrogens with one attached hydrogen (secondary N) is 2. The Morgan fingerprint density at radius 1 is 1.35 bits per heavy atom. The number of rotatable bonds is 3. The highest BCUT2D eigenvalue weighted by molar-refractivity contribution is 6.30. The van der Waals surface area contributed by atoms with Crippen LogP contribution in [0.3, 0.4) is 0 Å². The van der Waals surface area contributed by atoms with E-state index in [1.54, 1.807) is 0 Å². The molecule has 2 rings (SSSR count). The third-order valence-electron chi connectivity index (χ3n) is 4.21. The van der Waals surface area contributed by atoms with Crippen molar-refractivity contribution in [2.75, 3.05) is 6.54 Å². The van der Waals surface area contributed by atoms with E-state index in [0.717, 1.165) is 24.9 Å². The minimum absolute atomic E-state index is 0.0698. The molecule has 2 unspecified atom stereocenters. The van der Waals surface area contributed by atoms with Gasteiger partial charge in [0.2, 0.25) is 5.91 Å². The normalized spacial score (nSPS) is 23.4. The maximum Gasteiger partial charge on any atom is 0.230 e. The van der Waals surface area contributed by atoms with Gasteiger partial charge in [0.25, 0.3) is 0 Å². The van der Waals surface area contributed by atoms with Gasteiger partial charge in [-0.15, -0.1) is 0 Å². The molecule has 0 aliphatic carbocycles. The fraction of sp³-hybridized carbons (Fsp3) is 0.562. The van der Waals surface area contributed by atoms with Gasteiger partial charge in [-0.25, -0.2) is 0 Å². The van der Waals surface area contributed by atoms with Crippen molar-refractivity contribution >= 4 is 17.5 Å². The van der Waals surface area contributed by atoms with E-state index in [-0.39, 0.29) is 11.9 Å². The first-order valence-corrected chi connectivity index (χ1v) is 7.59. The number of carbonyl (C=O) groups is 1. The van der Waals surface area contributed by atoms with Crippen LogP contribution in [0.4, 0.5) is 0 Å². The second kappa shape index (κ2) is 6.15. The minimum atomic E-state index is -0.554. The molecular weight excluding hydrogens is 272 g/mol. The lowest BCUT2D eigenvalue weighted by molar-refractivity contribution is -0.126. The Labute approximate surface area is 126 Å². The molecule has 1 aromatic rings. The van der Waals surface area contributed by atoms with E-state index in [9.17, 15) is 4.79 Å². The molecular formula is C16H23ClN2O. The Morgan fingerprint density at radius 3 is 2.60 bits per heavy atom. The molecule has 110 valence electrons. The Bertz CT molecular complexity index is 470. The van der Waals surface area contributed by atoms with E-state index in [2.05, 4.69) is 17.6 Å². The van der Waals surface area contributed by atoms with Crippen molar-refractivity contribution in [3.8, 4) is 0 Å². The van der Waals surface area contributed by atoms with Crippen LogP contribution in [0.2, 0.25) is 5.02 Å². The van der Waals surface area contributed by atoms with Crippen LogP contribution in [0.15, 0.2) is 24.3 Å². The highest BCUT2D eigenvalue weighted by atomic mass is 35.5. The van der Waals surface area contributed by atoms with Crippen molar-refractivity contribution in [2.45, 2.75) is 51.1 Å². The van der Waals surface area contributed by atoms with Crippen molar-refractivity contribution in [1.29, 1.82) is 0 Å². The van der Waals surface area contributed by atoms with Gasteiger partial charge < -0.3 is 10.6 Å². The first-order valence-electron chi connectivity index (χ1n) is 7.21. The molecule has 4 heteroatoms. The lowest BCUT2D eigenvalue weighted by atomic mass is 9.83. The Morgan fingerprint density at radius 2 is 2.00 bits per heavy atom. The number of amides is 1. The fourth-order valence-corrected chi connectivity index (χ4v) is 2.71. The first-order chi connectivity index (χ1) is 9.41. The Hall–Kier alpha value is -1.06. The molecule has 1 aliphatic heterocycles. The standard InChI is InChI=1S/C16H23ClN2O/c1-11-14(5-4-10-18-11)19-15(20)16(2,3)12-6-8-13(17)9-7-12/h6-9,11,14,18H,4-5,10H2,1-3H3,(H,19,20). The van der Waals surface area contributed by atoms with Gasteiger partial charge in [0.15, 0.2) is 0 Å². The molecule has 0 radical (unpaired) electrons. The van der Waals surface area contributed by atoms with Crippen LogP contribution in [-0.2, 0) is 10.2 Å². The number of piperidine rings is 1. The molecule has 2 atom stereocenters. The summed E-state index contributed by atoms with van der Waals surface area (Å²) >= 11 is 5.91. The largest absolute Gasteiger partial charge is 0.351 e. The first kappa shape index (κ1) is 15.3. The molecule has 20 heavy (non-hydrogen) atoms. The van der Waals surface area contributed by atoms with E-state index in [0.29, 0.717) is 11.1 Å². The summed E-state index contributed by atoms with van der Waals surface area (Å²) in [7, 11) is 0. The van der Waals surface area contributed by atoms with Crippen LogP contribution < -0.4 is 10.6 Å². The average Bonchev–Trinajstić information content (AvgIpc) is 2.41. The molecule has 0 saturated carbocycles. The molecule has 3 nitrogen and oxygen atoms in total. The molecule has 2 N–H and O–H groups in total. The zero-order valence-electron chi connectivity index (χ0n) is 12.4. The highest BCUT2D eigenvalue weighted by Gasteiger charge is 2.32. The molecule has 1 amide bonds. The van der Waals surface area contributed by atoms with Gasteiger partial charge in [-0.1, -0.05) is 23.7 Å². The average molecular weight is 295 g/mol. The van der Waals surface area contributed by atoms with E-state index in [1.807, 2.05) is 38.1 Å². The summed E-state index contributed by atoms with van der Waals surface area (Å²) in [5, 5.41) is 7.28. The molecule has 1 heterocycles. The maximum atomic E-state index is 12.6. The van der Waals surface area contributed by atoms with Gasteiger partial charge in [-0.3, -0.25) is 4.79 Å². The Balaban J connectivity index is 2.08. The summed E-state index contributed by atoms with van der Waals surface area (Å²) in [6, 6.07) is 8.04. The number of hydrogen-bond donors (Lipinski definition) is 2. The van der Waals surface area contributed by atoms with Crippen molar-refractivity contribution in [2.24, 2.45) is 0 Å². The third-order valence-corrected chi connectivity index (χ3v) is 4.46. The van der Waals surface area contributed by atoms with Crippen molar-refractivity contribution in [3.05, 3.63) is 34.9 Å². The second-order valence-electron chi connectivity index (χ2n) is 6.10. The van der Waals surface area contributed by atoms with Crippen molar-refractivity contribution < 1.29 is 4.79 Å². The van der Waals surface area contributed by atoms with Crippen LogP contribution in [0.1, 0.15) is 39.2 Å². The lowest BCUT2D eigenvalue weighted by Crippen LogP contribution is -2.55. The summed E-state index contributed by atoms with van der Waals surface area (Å²) in [4.78, 5) is 12.6. The SMILES string of the molecule is CC1NCCCC1NC(=O)C(C)(C)c1ccc(Cl)cc1. The predicted octanol–water partition coefficient (Wildman–Crippen LogP) is 2.87. The fourth-order valence-electron chi connectivity index (χ4n) is 2.59. The maximum absolute atomic E-state index is 12.6. The third kappa shape index (κ3) is 3.33. The molecule has 1 aliphatic rings. The summed E-state index contributed by atoms with van der Waals surface area (Å²) in [5.41, 5.74) is 0.428. The van der Waals surface area contributed by atoms with E-state index >= 15 is 0 Å². The molecule has 0 bridgehead atoms. The van der Waals surface area contributed by atoms with E-state index in [1.165, 1.54) is 0 Å². The number of carbonyl (C=O) groups excluding carboxylic acids is 1. The van der Waals surface area contributed by atoms with Crippen molar-refractivity contribution in [3.63, 3.8) is 0 Å². The quantitative estimate of drug-likeness (QED) is 0.900. The van der Waals surface area contributed by atoms with Gasteiger partial charge in [-0.05, 0) is 57.9 Å². The number of benzene rings is 1. The van der Waals surface area contributed by atoms with Crippen LogP contribution in [0.5, 0.6) is 0 Å². The van der Waals surface area contributed by atoms with Crippen LogP contribution >= 0.6 is 11.6 Å². The molecule has 0 spiro atoms. The number of halogens is 1. The lowest BCUT2D eigenvalue weighted by Gasteiger charge is -2.34. The highest BCUT2D eigenvalue weighted by Crippen LogP contribution is 2.25. The summed E-state index contributed by atoms with van der Waals surface area (Å²) in [5.74, 6) is 0.0698. The van der Waals surface area contributed by atoms with Crippen LogP contribution in [0, 0.1) is 0 Å². The molecule has 1 saturated heterocycles. The van der Waals surface area contributed by atoms with E-state index in [4.69, 9.17) is 11.6 Å². The molecule has 1 aromatic carbocycles. The van der Waals surface area contributed by atoms with Crippen molar-refractivity contribution in [1.82, 2.24) is 10.6 Å². The molecule has 1 fully saturated rings. The van der Waals surface area contributed by atoms with Crippen LogP contribution in [0.25, 0.3) is 0 Å². The van der Waals surface area contributed by atoms with Gasteiger partial charge >= 0.3 is 0 Å². The van der Waals surface area contributed by atoms with E-state index < -0.39 is 5.41 Å². The van der Waals surface area contributed by atoms with Gasteiger partial charge in [0.1, 0.15) is 0 Å². The second-order valence-corrected chi connectivity index (χ2v) is 6.53.